The molecule has 0 fully saturated rings. The molecule has 4 heteroatoms. The molecule has 10 heavy (non-hydrogen) atoms. The van der Waals surface area contributed by atoms with Gasteiger partial charge in [-0.25, -0.2) is 8.78 Å². The van der Waals surface area contributed by atoms with Crippen LogP contribution in [-0.2, 0) is 5.86 Å². The van der Waals surface area contributed by atoms with E-state index in [2.05, 4.69) is 4.98 Å². The number of halogens is 3. The molecule has 0 amide bonds. The zero-order valence-electron chi connectivity index (χ0n) is 5.81. The van der Waals surface area contributed by atoms with Crippen LogP contribution in [0.25, 0.3) is 0 Å². The molecule has 0 aliphatic heterocycles. The van der Waals surface area contributed by atoms with E-state index in [1.54, 1.807) is 0 Å². The third kappa shape index (κ3) is 1.42. The molecule has 1 nitrogen and oxygen atoms in total. The molecule has 0 aliphatic rings. The van der Waals surface area contributed by atoms with Crippen molar-refractivity contribution in [1.82, 2.24) is 4.98 Å². The van der Waals surface area contributed by atoms with Gasteiger partial charge in [0, 0.05) is 6.07 Å². The van der Waals surface area contributed by atoms with Gasteiger partial charge >= 0.3 is 0 Å². The Kier molecular flexibility index (Phi) is 1.77. The molecule has 54 valence electrons. The highest BCUT2D eigenvalue weighted by Gasteiger charge is 2.02. The average molecular weight is 165 g/mol. The minimum Gasteiger partial charge on any atom is -0.254 e. The van der Waals surface area contributed by atoms with Gasteiger partial charge in [-0.3, -0.25) is 4.98 Å². The van der Waals surface area contributed by atoms with Crippen LogP contribution in [0, 0.1) is 11.6 Å². The van der Waals surface area contributed by atoms with Crippen LogP contribution in [0.1, 0.15) is 7.06 Å². The first-order valence-electron chi connectivity index (χ1n) is 3.06. The summed E-state index contributed by atoms with van der Waals surface area (Å²) in [5.41, 5.74) is -0.256. The summed E-state index contributed by atoms with van der Waals surface area (Å²) in [5.74, 6) is -2.95. The summed E-state index contributed by atoms with van der Waals surface area (Å²) in [4.78, 5) is 3.31. The first-order valence-corrected chi connectivity index (χ1v) is 2.92. The van der Waals surface area contributed by atoms with Gasteiger partial charge in [0.1, 0.15) is 11.6 Å². The van der Waals surface area contributed by atoms with Crippen molar-refractivity contribution in [3.8, 4) is 0 Å². The van der Waals surface area contributed by atoms with E-state index in [9.17, 15) is 8.78 Å². The van der Waals surface area contributed by atoms with Crippen molar-refractivity contribution < 1.29 is 10.2 Å². The number of nitrogens with zero attached hydrogens (tertiary/aromatic N) is 1. The van der Waals surface area contributed by atoms with Gasteiger partial charge in [0.25, 0.3) is 0 Å². The number of pyridine rings is 1. The smallest absolute Gasteiger partial charge is 0.148 e. The fourth-order valence-electron chi connectivity index (χ4n) is 0.505. The van der Waals surface area contributed by atoms with Gasteiger partial charge in [0.2, 0.25) is 0 Å². The van der Waals surface area contributed by atoms with E-state index in [0.717, 1.165) is 6.20 Å². The van der Waals surface area contributed by atoms with Crippen molar-refractivity contribution in [2.24, 2.45) is 0 Å². The Morgan fingerprint density at radius 3 is 2.90 bits per heavy atom. The normalized spacial score (nSPS) is 14.5. The second-order valence-electron chi connectivity index (χ2n) is 1.63. The lowest BCUT2D eigenvalue weighted by Crippen LogP contribution is -1.91. The monoisotopic (exact) mass is 164 g/mol. The Morgan fingerprint density at radius 2 is 2.40 bits per heavy atom. The molecular formula is C6H4ClF2N. The van der Waals surface area contributed by atoms with Gasteiger partial charge in [0.15, 0.2) is 0 Å². The van der Waals surface area contributed by atoms with Gasteiger partial charge in [0.05, 0.1) is 19.1 Å². The van der Waals surface area contributed by atoms with Crippen LogP contribution in [0.5, 0.6) is 0 Å². The maximum absolute atomic E-state index is 12.6. The van der Waals surface area contributed by atoms with E-state index in [1.165, 1.54) is 0 Å². The molecule has 1 unspecified atom stereocenters. The molecule has 0 saturated carbocycles. The Hall–Kier alpha value is -0.700. The van der Waals surface area contributed by atoms with E-state index in [4.69, 9.17) is 13.0 Å². The molecule has 0 bridgehead atoms. The number of alkyl halides is 1. The van der Waals surface area contributed by atoms with Crippen molar-refractivity contribution in [2.75, 3.05) is 0 Å². The van der Waals surface area contributed by atoms with Gasteiger partial charge in [-0.2, -0.15) is 0 Å². The summed E-state index contributed by atoms with van der Waals surface area (Å²) in [5, 5.41) is 0. The summed E-state index contributed by atoms with van der Waals surface area (Å²) < 4.78 is 31.7. The maximum atomic E-state index is 12.6. The van der Waals surface area contributed by atoms with Crippen LogP contribution in [-0.4, -0.2) is 4.98 Å². The molecule has 0 radical (unpaired) electrons. The lowest BCUT2D eigenvalue weighted by molar-refractivity contribution is 0.563. The van der Waals surface area contributed by atoms with Crippen LogP contribution < -0.4 is 0 Å². The van der Waals surface area contributed by atoms with Gasteiger partial charge in [-0.05, 0) is 0 Å². The second kappa shape index (κ2) is 2.92. The highest BCUT2D eigenvalue weighted by atomic mass is 35.5. The third-order valence-corrected chi connectivity index (χ3v) is 1.15. The van der Waals surface area contributed by atoms with Crippen molar-refractivity contribution >= 4 is 11.6 Å². The lowest BCUT2D eigenvalue weighted by atomic mass is 10.3. The quantitative estimate of drug-likeness (QED) is 0.580. The predicted octanol–water partition coefficient (Wildman–Crippen LogP) is 2.10. The standard InChI is InChI=1S/C6H4ClF2N/c7-2-6-5(9)1-4(8)3-10-6/h1,3H,2H2/i2D. The molecule has 1 aromatic rings. The second-order valence-corrected chi connectivity index (χ2v) is 1.85. The molecule has 0 N–H and O–H groups in total. The van der Waals surface area contributed by atoms with E-state index in [1.807, 2.05) is 0 Å². The molecule has 0 spiro atoms. The van der Waals surface area contributed by atoms with Crippen molar-refractivity contribution in [2.45, 2.75) is 5.86 Å². The Labute approximate surface area is 63.1 Å². The Morgan fingerprint density at radius 1 is 1.70 bits per heavy atom. The van der Waals surface area contributed by atoms with Crippen LogP contribution in [0.2, 0.25) is 0 Å². The number of hydrogen-bond donors (Lipinski definition) is 0. The molecular weight excluding hydrogens is 160 g/mol. The average Bonchev–Trinajstić information content (AvgIpc) is 1.85. The fraction of sp³-hybridized carbons (Fsp3) is 0.167. The third-order valence-electron chi connectivity index (χ3n) is 0.940. The SMILES string of the molecule is [2H]C(Cl)c1ncc(F)cc1F. The summed E-state index contributed by atoms with van der Waals surface area (Å²) in [6.45, 7) is 0. The van der Waals surface area contributed by atoms with Gasteiger partial charge in [-0.15, -0.1) is 11.6 Å². The molecule has 0 aliphatic carbocycles. The van der Waals surface area contributed by atoms with Crippen LogP contribution in [0.4, 0.5) is 8.78 Å². The van der Waals surface area contributed by atoms with E-state index in [0.29, 0.717) is 6.07 Å². The molecule has 1 aromatic heterocycles. The molecule has 0 aromatic carbocycles. The van der Waals surface area contributed by atoms with Crippen molar-refractivity contribution in [3.05, 3.63) is 29.6 Å². The molecule has 1 rings (SSSR count). The highest BCUT2D eigenvalue weighted by molar-refractivity contribution is 6.16. The zero-order valence-corrected chi connectivity index (χ0v) is 5.57. The van der Waals surface area contributed by atoms with Crippen LogP contribution in [0.3, 0.4) is 0 Å². The summed E-state index contributed by atoms with van der Waals surface area (Å²) in [6, 6.07) is 0.645. The molecule has 0 saturated heterocycles. The topological polar surface area (TPSA) is 12.9 Å². The van der Waals surface area contributed by atoms with Crippen molar-refractivity contribution in [1.29, 1.82) is 0 Å². The largest absolute Gasteiger partial charge is 0.254 e. The number of hydrogen-bond acceptors (Lipinski definition) is 1. The van der Waals surface area contributed by atoms with Gasteiger partial charge < -0.3 is 0 Å². The Bertz CT molecular complexity index is 267. The minimum absolute atomic E-state index is 0.256. The maximum Gasteiger partial charge on any atom is 0.148 e. The zero-order chi connectivity index (χ0) is 8.43. The van der Waals surface area contributed by atoms with E-state index >= 15 is 0 Å². The number of aromatic nitrogens is 1. The van der Waals surface area contributed by atoms with Crippen molar-refractivity contribution in [3.63, 3.8) is 0 Å². The minimum atomic E-state index is -1.28. The first-order chi connectivity index (χ1) is 5.11. The highest BCUT2D eigenvalue weighted by Crippen LogP contribution is 2.07. The molecule has 1 heterocycles. The first kappa shape index (κ1) is 6.04. The summed E-state index contributed by atoms with van der Waals surface area (Å²) in [6.07, 6.45) is 0.822. The summed E-state index contributed by atoms with van der Waals surface area (Å²) >= 11 is 5.20. The van der Waals surface area contributed by atoms with Crippen LogP contribution >= 0.6 is 11.6 Å². The summed E-state index contributed by atoms with van der Waals surface area (Å²) in [7, 11) is 0. The lowest BCUT2D eigenvalue weighted by Gasteiger charge is -1.94. The Balaban J connectivity index is 3.09. The van der Waals surface area contributed by atoms with E-state index < -0.39 is 17.5 Å². The van der Waals surface area contributed by atoms with E-state index in [-0.39, 0.29) is 5.69 Å². The number of rotatable bonds is 1. The van der Waals surface area contributed by atoms with Crippen LogP contribution in [0.15, 0.2) is 12.3 Å². The predicted molar refractivity (Wildman–Crippen MR) is 33.7 cm³/mol. The fourth-order valence-corrected chi connectivity index (χ4v) is 0.666. The molecule has 1 atom stereocenters. The van der Waals surface area contributed by atoms with Gasteiger partial charge in [-0.1, -0.05) is 0 Å².